The van der Waals surface area contributed by atoms with Crippen LogP contribution in [-0.4, -0.2) is 16.5 Å². The number of rotatable bonds is 6. The molecule has 3 nitrogen and oxygen atoms in total. The average molecular weight is 436 g/mol. The highest BCUT2D eigenvalue weighted by molar-refractivity contribution is 7.19. The first-order valence-electron chi connectivity index (χ1n) is 10.5. The second-order valence-corrected chi connectivity index (χ2v) is 8.81. The molecule has 0 N–H and O–H groups in total. The number of fused-ring (bicyclic) bond motifs is 1. The van der Waals surface area contributed by atoms with E-state index in [1.165, 1.54) is 27.1 Å². The van der Waals surface area contributed by atoms with Crippen molar-refractivity contribution in [2.45, 2.75) is 40.5 Å². The van der Waals surface area contributed by atoms with E-state index in [0.717, 1.165) is 41.1 Å². The zero-order chi connectivity index (χ0) is 21.3. The lowest BCUT2D eigenvalue weighted by Gasteiger charge is -2.24. The van der Waals surface area contributed by atoms with Crippen molar-refractivity contribution in [3.8, 4) is 11.1 Å². The Morgan fingerprint density at radius 3 is 2.37 bits per heavy atom. The summed E-state index contributed by atoms with van der Waals surface area (Å²) >= 11 is 8.11. The minimum atomic E-state index is 0.292. The van der Waals surface area contributed by atoms with E-state index in [9.17, 15) is 0 Å². The molecule has 0 spiro atoms. The number of thiophene rings is 1. The molecule has 154 valence electrons. The minimum Gasteiger partial charge on any atom is -0.326 e. The van der Waals surface area contributed by atoms with Gasteiger partial charge >= 0.3 is 0 Å². The standard InChI is InChI=1S/C25H26ClN3S/c1-5-17-11-13-18(14-12-17)21-20(6-2)30-24-22(21)23(27-25(26)28-24)29(7-3)19-10-8-9-16(4)15-19/h8-15H,5-7H2,1-4H3. The van der Waals surface area contributed by atoms with E-state index in [1.54, 1.807) is 11.3 Å². The summed E-state index contributed by atoms with van der Waals surface area (Å²) in [7, 11) is 0. The Hall–Kier alpha value is -2.43. The van der Waals surface area contributed by atoms with Crippen molar-refractivity contribution < 1.29 is 0 Å². The summed E-state index contributed by atoms with van der Waals surface area (Å²) in [5.41, 5.74) is 6.12. The van der Waals surface area contributed by atoms with Gasteiger partial charge in [-0.05, 0) is 67.1 Å². The second-order valence-electron chi connectivity index (χ2n) is 7.38. The number of anilines is 2. The first-order chi connectivity index (χ1) is 14.5. The lowest BCUT2D eigenvalue weighted by Crippen LogP contribution is -2.18. The van der Waals surface area contributed by atoms with Gasteiger partial charge in [-0.1, -0.05) is 50.2 Å². The predicted octanol–water partition coefficient (Wildman–Crippen LogP) is 7.60. The summed E-state index contributed by atoms with van der Waals surface area (Å²) in [4.78, 5) is 13.8. The Bertz CT molecular complexity index is 1180. The molecule has 0 fully saturated rings. The largest absolute Gasteiger partial charge is 0.326 e. The normalized spacial score (nSPS) is 11.2. The number of hydrogen-bond donors (Lipinski definition) is 0. The maximum atomic E-state index is 6.39. The molecule has 0 amide bonds. The van der Waals surface area contributed by atoms with E-state index in [4.69, 9.17) is 16.6 Å². The molecule has 2 aromatic carbocycles. The number of halogens is 1. The quantitative estimate of drug-likeness (QED) is 0.292. The Morgan fingerprint density at radius 2 is 1.73 bits per heavy atom. The zero-order valence-corrected chi connectivity index (χ0v) is 19.4. The molecule has 5 heteroatoms. The first-order valence-corrected chi connectivity index (χ1v) is 11.7. The summed E-state index contributed by atoms with van der Waals surface area (Å²) in [5.74, 6) is 0.878. The van der Waals surface area contributed by atoms with Gasteiger partial charge in [-0.2, -0.15) is 4.98 Å². The Labute approximate surface area is 187 Å². The van der Waals surface area contributed by atoms with Crippen LogP contribution in [0.5, 0.6) is 0 Å². The molecular formula is C25H26ClN3S. The van der Waals surface area contributed by atoms with Crippen LogP contribution in [0.3, 0.4) is 0 Å². The number of aryl methyl sites for hydroxylation is 3. The molecule has 0 aliphatic carbocycles. The van der Waals surface area contributed by atoms with E-state index in [-0.39, 0.29) is 0 Å². The van der Waals surface area contributed by atoms with Gasteiger partial charge in [0, 0.05) is 22.7 Å². The van der Waals surface area contributed by atoms with Crippen LogP contribution in [0.25, 0.3) is 21.3 Å². The molecule has 0 atom stereocenters. The van der Waals surface area contributed by atoms with Crippen LogP contribution in [0.2, 0.25) is 5.28 Å². The number of hydrogen-bond acceptors (Lipinski definition) is 4. The van der Waals surface area contributed by atoms with E-state index in [1.807, 2.05) is 0 Å². The van der Waals surface area contributed by atoms with Crippen molar-refractivity contribution in [3.63, 3.8) is 0 Å². The van der Waals surface area contributed by atoms with Gasteiger partial charge in [0.25, 0.3) is 0 Å². The summed E-state index contributed by atoms with van der Waals surface area (Å²) in [6, 6.07) is 17.4. The van der Waals surface area contributed by atoms with Gasteiger partial charge in [0.2, 0.25) is 5.28 Å². The summed E-state index contributed by atoms with van der Waals surface area (Å²) in [6.07, 6.45) is 1.98. The fourth-order valence-corrected chi connectivity index (χ4v) is 5.25. The monoisotopic (exact) mass is 435 g/mol. The van der Waals surface area contributed by atoms with Gasteiger partial charge < -0.3 is 4.90 Å². The highest BCUT2D eigenvalue weighted by Crippen LogP contribution is 2.44. The summed E-state index contributed by atoms with van der Waals surface area (Å²) in [5, 5.41) is 1.38. The van der Waals surface area contributed by atoms with Gasteiger partial charge in [-0.3, -0.25) is 0 Å². The molecule has 4 aromatic rings. The van der Waals surface area contributed by atoms with Crippen molar-refractivity contribution in [1.29, 1.82) is 0 Å². The minimum absolute atomic E-state index is 0.292. The summed E-state index contributed by atoms with van der Waals surface area (Å²) in [6.45, 7) is 9.42. The van der Waals surface area contributed by atoms with Crippen molar-refractivity contribution >= 4 is 44.7 Å². The van der Waals surface area contributed by atoms with Crippen molar-refractivity contribution in [3.05, 3.63) is 69.8 Å². The molecule has 0 radical (unpaired) electrons. The fourth-order valence-electron chi connectivity index (χ4n) is 3.91. The molecule has 0 saturated carbocycles. The lowest BCUT2D eigenvalue weighted by molar-refractivity contribution is 0.990. The highest BCUT2D eigenvalue weighted by Gasteiger charge is 2.23. The second kappa shape index (κ2) is 8.75. The molecule has 0 unspecified atom stereocenters. The van der Waals surface area contributed by atoms with Crippen LogP contribution in [0.15, 0.2) is 48.5 Å². The molecule has 0 saturated heterocycles. The molecule has 0 bridgehead atoms. The number of benzene rings is 2. The SMILES string of the molecule is CCc1ccc(-c2c(CC)sc3nc(Cl)nc(N(CC)c4cccc(C)c4)c23)cc1. The maximum Gasteiger partial charge on any atom is 0.225 e. The van der Waals surface area contributed by atoms with E-state index in [2.05, 4.69) is 86.1 Å². The highest BCUT2D eigenvalue weighted by atomic mass is 35.5. The Kier molecular flexibility index (Phi) is 6.07. The van der Waals surface area contributed by atoms with Crippen LogP contribution in [0.1, 0.15) is 36.8 Å². The molecule has 2 aromatic heterocycles. The van der Waals surface area contributed by atoms with Gasteiger partial charge in [0.15, 0.2) is 0 Å². The molecule has 4 rings (SSSR count). The van der Waals surface area contributed by atoms with Crippen LogP contribution in [0.4, 0.5) is 11.5 Å². The Balaban J connectivity index is 2.00. The zero-order valence-electron chi connectivity index (χ0n) is 17.9. The molecular weight excluding hydrogens is 410 g/mol. The van der Waals surface area contributed by atoms with E-state index < -0.39 is 0 Å². The van der Waals surface area contributed by atoms with Crippen molar-refractivity contribution in [2.24, 2.45) is 0 Å². The average Bonchev–Trinajstić information content (AvgIpc) is 3.12. The van der Waals surface area contributed by atoms with Crippen LogP contribution >= 0.6 is 22.9 Å². The van der Waals surface area contributed by atoms with Crippen LogP contribution in [0, 0.1) is 6.92 Å². The fraction of sp³-hybridized carbons (Fsp3) is 0.280. The van der Waals surface area contributed by atoms with Crippen LogP contribution < -0.4 is 4.90 Å². The van der Waals surface area contributed by atoms with Gasteiger partial charge in [-0.15, -0.1) is 11.3 Å². The van der Waals surface area contributed by atoms with Gasteiger partial charge in [-0.25, -0.2) is 4.98 Å². The number of aromatic nitrogens is 2. The number of nitrogens with zero attached hydrogens (tertiary/aromatic N) is 3. The molecule has 0 aliphatic heterocycles. The molecule has 2 heterocycles. The van der Waals surface area contributed by atoms with E-state index in [0.29, 0.717) is 5.28 Å². The van der Waals surface area contributed by atoms with Gasteiger partial charge in [0.1, 0.15) is 10.6 Å². The van der Waals surface area contributed by atoms with Gasteiger partial charge in [0.05, 0.1) is 5.39 Å². The lowest BCUT2D eigenvalue weighted by atomic mass is 10.00. The smallest absolute Gasteiger partial charge is 0.225 e. The topological polar surface area (TPSA) is 29.0 Å². The first kappa shape index (κ1) is 20.8. The van der Waals surface area contributed by atoms with Crippen LogP contribution in [-0.2, 0) is 12.8 Å². The van der Waals surface area contributed by atoms with E-state index >= 15 is 0 Å². The van der Waals surface area contributed by atoms with Crippen molar-refractivity contribution in [2.75, 3.05) is 11.4 Å². The Morgan fingerprint density at radius 1 is 0.967 bits per heavy atom. The third-order valence-electron chi connectivity index (χ3n) is 5.44. The van der Waals surface area contributed by atoms with Crippen molar-refractivity contribution in [1.82, 2.24) is 9.97 Å². The third kappa shape index (κ3) is 3.82. The predicted molar refractivity (Wildman–Crippen MR) is 130 cm³/mol. The maximum absolute atomic E-state index is 6.39. The summed E-state index contributed by atoms with van der Waals surface area (Å²) < 4.78 is 0. The molecule has 0 aliphatic rings. The molecule has 30 heavy (non-hydrogen) atoms. The third-order valence-corrected chi connectivity index (χ3v) is 6.83.